The third-order valence-corrected chi connectivity index (χ3v) is 4.97. The number of aromatic nitrogens is 3. The van der Waals surface area contributed by atoms with Crippen LogP contribution in [0, 0.1) is 0 Å². The summed E-state index contributed by atoms with van der Waals surface area (Å²) in [5.41, 5.74) is 5.08. The Morgan fingerprint density at radius 3 is 2.58 bits per heavy atom. The highest BCUT2D eigenvalue weighted by atomic mass is 16.5. The Morgan fingerprint density at radius 1 is 0.903 bits per heavy atom. The van der Waals surface area contributed by atoms with Crippen molar-refractivity contribution in [2.45, 2.75) is 19.5 Å². The second-order valence-corrected chi connectivity index (χ2v) is 7.23. The minimum atomic E-state index is 0.0615. The molecule has 0 bridgehead atoms. The molecule has 0 fully saturated rings. The second-order valence-electron chi connectivity index (χ2n) is 7.23. The van der Waals surface area contributed by atoms with Crippen molar-refractivity contribution in [3.63, 3.8) is 0 Å². The summed E-state index contributed by atoms with van der Waals surface area (Å²) in [5, 5.41) is 6.93. The largest absolute Gasteiger partial charge is 0.495 e. The van der Waals surface area contributed by atoms with Gasteiger partial charge in [0, 0.05) is 24.0 Å². The molecule has 1 atom stereocenters. The molecule has 4 aromatic rings. The number of hydrogen-bond acceptors (Lipinski definition) is 6. The lowest BCUT2D eigenvalue weighted by Gasteiger charge is -2.17. The molecule has 156 valence electrons. The van der Waals surface area contributed by atoms with Gasteiger partial charge in [0.05, 0.1) is 37.4 Å². The number of nitrogens with zero attached hydrogens (tertiary/aromatic N) is 3. The maximum absolute atomic E-state index is 5.26. The smallest absolute Gasteiger partial charge is 0.145 e. The average Bonchev–Trinajstić information content (AvgIpc) is 2.84. The Bertz CT molecular complexity index is 1130. The molecule has 2 N–H and O–H groups in total. The van der Waals surface area contributed by atoms with Crippen LogP contribution in [0.1, 0.15) is 24.1 Å². The van der Waals surface area contributed by atoms with Crippen LogP contribution < -0.4 is 15.4 Å². The van der Waals surface area contributed by atoms with Crippen LogP contribution in [0.2, 0.25) is 0 Å². The first-order valence-electron chi connectivity index (χ1n) is 10.2. The quantitative estimate of drug-likeness (QED) is 0.408. The number of benzene rings is 2. The number of ether oxygens (including phenoxy) is 1. The Balaban J connectivity index is 1.45. The third kappa shape index (κ3) is 5.36. The summed E-state index contributed by atoms with van der Waals surface area (Å²) in [6.07, 6.45) is 6.87. The van der Waals surface area contributed by atoms with Gasteiger partial charge >= 0.3 is 0 Å². The van der Waals surface area contributed by atoms with Crippen LogP contribution >= 0.6 is 0 Å². The summed E-state index contributed by atoms with van der Waals surface area (Å²) in [4.78, 5) is 13.2. The van der Waals surface area contributed by atoms with E-state index >= 15 is 0 Å². The van der Waals surface area contributed by atoms with E-state index in [0.29, 0.717) is 11.6 Å². The lowest BCUT2D eigenvalue weighted by Crippen LogP contribution is -2.09. The van der Waals surface area contributed by atoms with E-state index < -0.39 is 0 Å². The van der Waals surface area contributed by atoms with Crippen molar-refractivity contribution in [3.05, 3.63) is 96.6 Å². The van der Waals surface area contributed by atoms with Crippen molar-refractivity contribution in [3.8, 4) is 17.0 Å². The topological polar surface area (TPSA) is 72.0 Å². The Hall–Kier alpha value is -3.93. The molecule has 2 aromatic heterocycles. The first kappa shape index (κ1) is 20.3. The summed E-state index contributed by atoms with van der Waals surface area (Å²) in [6, 6.07) is 20.7. The van der Waals surface area contributed by atoms with Crippen molar-refractivity contribution >= 4 is 11.5 Å². The minimum absolute atomic E-state index is 0.0615. The molecule has 0 radical (unpaired) electrons. The molecule has 2 heterocycles. The zero-order valence-corrected chi connectivity index (χ0v) is 17.6. The van der Waals surface area contributed by atoms with Gasteiger partial charge in [-0.1, -0.05) is 42.5 Å². The van der Waals surface area contributed by atoms with E-state index in [1.54, 1.807) is 31.9 Å². The minimum Gasteiger partial charge on any atom is -0.495 e. The number of methoxy groups -OCH3 is 1. The monoisotopic (exact) mass is 411 g/mol. The van der Waals surface area contributed by atoms with Gasteiger partial charge in [0.15, 0.2) is 0 Å². The Kier molecular flexibility index (Phi) is 6.38. The number of hydrogen-bond donors (Lipinski definition) is 2. The van der Waals surface area contributed by atoms with Crippen molar-refractivity contribution in [1.82, 2.24) is 15.0 Å². The standard InChI is InChI=1S/C25H25N5O/c1-18(20-9-6-10-22(11-20)28-13-19-7-4-3-5-8-19)29-25-17-27-16-24(30-25)21-12-23(31-2)15-26-14-21/h3-12,14-18,28H,13H2,1-2H3,(H,29,30)/t18-/m0/s1. The Morgan fingerprint density at radius 2 is 1.74 bits per heavy atom. The number of pyridine rings is 1. The van der Waals surface area contributed by atoms with Gasteiger partial charge in [0.2, 0.25) is 0 Å². The predicted octanol–water partition coefficient (Wildman–Crippen LogP) is 5.33. The van der Waals surface area contributed by atoms with Gasteiger partial charge in [-0.15, -0.1) is 0 Å². The molecule has 0 spiro atoms. The van der Waals surface area contributed by atoms with Gasteiger partial charge in [0.25, 0.3) is 0 Å². The van der Waals surface area contributed by atoms with E-state index in [4.69, 9.17) is 9.72 Å². The highest BCUT2D eigenvalue weighted by molar-refractivity contribution is 5.60. The number of rotatable bonds is 8. The molecule has 4 rings (SSSR count). The molecule has 31 heavy (non-hydrogen) atoms. The Labute approximate surface area is 182 Å². The zero-order chi connectivity index (χ0) is 21.5. The molecule has 0 unspecified atom stereocenters. The van der Waals surface area contributed by atoms with Gasteiger partial charge in [-0.3, -0.25) is 9.97 Å². The van der Waals surface area contributed by atoms with E-state index in [2.05, 4.69) is 76.1 Å². The zero-order valence-electron chi connectivity index (χ0n) is 17.6. The number of nitrogens with one attached hydrogen (secondary N) is 2. The fourth-order valence-corrected chi connectivity index (χ4v) is 3.27. The summed E-state index contributed by atoms with van der Waals surface area (Å²) in [5.74, 6) is 1.39. The van der Waals surface area contributed by atoms with Crippen LogP contribution in [0.5, 0.6) is 5.75 Å². The van der Waals surface area contributed by atoms with Gasteiger partial charge in [-0.25, -0.2) is 4.98 Å². The first-order chi connectivity index (χ1) is 15.2. The third-order valence-electron chi connectivity index (χ3n) is 4.97. The van der Waals surface area contributed by atoms with E-state index in [0.717, 1.165) is 29.1 Å². The molecule has 0 aliphatic carbocycles. The normalized spacial score (nSPS) is 11.5. The molecule has 0 saturated heterocycles. The van der Waals surface area contributed by atoms with Crippen molar-refractivity contribution < 1.29 is 4.74 Å². The molecule has 0 saturated carbocycles. The lowest BCUT2D eigenvalue weighted by molar-refractivity contribution is 0.413. The lowest BCUT2D eigenvalue weighted by atomic mass is 10.1. The molecule has 0 amide bonds. The van der Waals surface area contributed by atoms with Gasteiger partial charge in [-0.2, -0.15) is 0 Å². The van der Waals surface area contributed by atoms with Crippen molar-refractivity contribution in [2.75, 3.05) is 17.7 Å². The molecular formula is C25H25N5O. The van der Waals surface area contributed by atoms with Crippen LogP contribution in [0.3, 0.4) is 0 Å². The number of anilines is 2. The first-order valence-corrected chi connectivity index (χ1v) is 10.2. The van der Waals surface area contributed by atoms with Gasteiger partial charge in [-0.05, 0) is 36.2 Å². The van der Waals surface area contributed by atoms with Crippen LogP contribution in [0.15, 0.2) is 85.5 Å². The molecule has 6 heteroatoms. The van der Waals surface area contributed by atoms with Crippen molar-refractivity contribution in [1.29, 1.82) is 0 Å². The fraction of sp³-hybridized carbons (Fsp3) is 0.160. The molecule has 0 aliphatic rings. The van der Waals surface area contributed by atoms with Gasteiger partial charge < -0.3 is 15.4 Å². The van der Waals surface area contributed by atoms with Crippen molar-refractivity contribution in [2.24, 2.45) is 0 Å². The summed E-state index contributed by atoms with van der Waals surface area (Å²) >= 11 is 0. The van der Waals surface area contributed by atoms with Crippen LogP contribution in [0.25, 0.3) is 11.3 Å². The molecular weight excluding hydrogens is 386 g/mol. The van der Waals surface area contributed by atoms with Crippen LogP contribution in [-0.2, 0) is 6.54 Å². The predicted molar refractivity (Wildman–Crippen MR) is 124 cm³/mol. The van der Waals surface area contributed by atoms with Crippen LogP contribution in [0.4, 0.5) is 11.5 Å². The maximum Gasteiger partial charge on any atom is 0.145 e. The van der Waals surface area contributed by atoms with E-state index in [1.807, 2.05) is 12.1 Å². The molecule has 6 nitrogen and oxygen atoms in total. The fourth-order valence-electron chi connectivity index (χ4n) is 3.27. The van der Waals surface area contributed by atoms with E-state index in [9.17, 15) is 0 Å². The SMILES string of the molecule is COc1cncc(-c2cncc(N[C@@H](C)c3cccc(NCc4ccccc4)c3)n2)c1. The summed E-state index contributed by atoms with van der Waals surface area (Å²) < 4.78 is 5.26. The molecule has 0 aliphatic heterocycles. The average molecular weight is 412 g/mol. The maximum atomic E-state index is 5.26. The second kappa shape index (κ2) is 9.71. The summed E-state index contributed by atoms with van der Waals surface area (Å²) in [7, 11) is 1.62. The highest BCUT2D eigenvalue weighted by Crippen LogP contribution is 2.24. The van der Waals surface area contributed by atoms with Crippen LogP contribution in [-0.4, -0.2) is 22.1 Å². The van der Waals surface area contributed by atoms with Gasteiger partial charge in [0.1, 0.15) is 11.6 Å². The molecule has 2 aromatic carbocycles. The van der Waals surface area contributed by atoms with E-state index in [-0.39, 0.29) is 6.04 Å². The van der Waals surface area contributed by atoms with E-state index in [1.165, 1.54) is 5.56 Å². The highest BCUT2D eigenvalue weighted by Gasteiger charge is 2.09. The summed E-state index contributed by atoms with van der Waals surface area (Å²) in [6.45, 7) is 2.89.